The Morgan fingerprint density at radius 3 is 2.44 bits per heavy atom. The first-order valence-corrected chi connectivity index (χ1v) is 9.86. The van der Waals surface area contributed by atoms with Gasteiger partial charge in [-0.1, -0.05) is 23.9 Å². The average Bonchev–Trinajstić information content (AvgIpc) is 3.11. The molecule has 0 unspecified atom stereocenters. The summed E-state index contributed by atoms with van der Waals surface area (Å²) in [7, 11) is 0. The molecule has 2 aromatic carbocycles. The van der Waals surface area contributed by atoms with Gasteiger partial charge in [0.2, 0.25) is 5.91 Å². The van der Waals surface area contributed by atoms with Crippen LogP contribution in [-0.4, -0.2) is 45.5 Å². The molecule has 0 saturated heterocycles. The van der Waals surface area contributed by atoms with Crippen molar-refractivity contribution in [3.63, 3.8) is 0 Å². The topological polar surface area (TPSA) is 78.1 Å². The van der Waals surface area contributed by atoms with Gasteiger partial charge in [-0.3, -0.25) is 9.59 Å². The second-order valence-electron chi connectivity index (χ2n) is 5.95. The summed E-state index contributed by atoms with van der Waals surface area (Å²) in [5, 5.41) is 3.56. The summed E-state index contributed by atoms with van der Waals surface area (Å²) in [6, 6.07) is 14.7. The second kappa shape index (κ2) is 8.73. The van der Waals surface area contributed by atoms with Crippen molar-refractivity contribution in [1.82, 2.24) is 14.9 Å². The first-order valence-electron chi connectivity index (χ1n) is 8.87. The molecule has 3 aromatic rings. The molecule has 1 aromatic heterocycles. The standard InChI is InChI=1S/C20H22N4O2S/c1-3-24(4-2)19(26)14-9-11-15(12-10-14)21-18(25)13-27-20-22-16-7-5-6-8-17(16)23-20/h5-12H,3-4,13H2,1-2H3,(H,21,25)(H,22,23). The number of nitrogens with one attached hydrogen (secondary N) is 2. The number of para-hydroxylation sites is 2. The van der Waals surface area contributed by atoms with Gasteiger partial charge in [-0.05, 0) is 50.2 Å². The molecule has 1 heterocycles. The van der Waals surface area contributed by atoms with Crippen molar-refractivity contribution in [2.24, 2.45) is 0 Å². The molecular weight excluding hydrogens is 360 g/mol. The molecule has 0 bridgehead atoms. The Bertz CT molecular complexity index is 900. The van der Waals surface area contributed by atoms with Gasteiger partial charge < -0.3 is 15.2 Å². The second-order valence-corrected chi connectivity index (χ2v) is 6.91. The highest BCUT2D eigenvalue weighted by Gasteiger charge is 2.12. The lowest BCUT2D eigenvalue weighted by Gasteiger charge is -2.18. The van der Waals surface area contributed by atoms with E-state index in [9.17, 15) is 9.59 Å². The van der Waals surface area contributed by atoms with Crippen LogP contribution >= 0.6 is 11.8 Å². The molecule has 27 heavy (non-hydrogen) atoms. The summed E-state index contributed by atoms with van der Waals surface area (Å²) < 4.78 is 0. The zero-order valence-corrected chi connectivity index (χ0v) is 16.2. The fourth-order valence-electron chi connectivity index (χ4n) is 2.72. The number of amides is 2. The van der Waals surface area contributed by atoms with Gasteiger partial charge in [0.1, 0.15) is 0 Å². The van der Waals surface area contributed by atoms with E-state index < -0.39 is 0 Å². The molecule has 0 aliphatic heterocycles. The Kier molecular flexibility index (Phi) is 6.13. The van der Waals surface area contributed by atoms with E-state index in [4.69, 9.17) is 0 Å². The summed E-state index contributed by atoms with van der Waals surface area (Å²) in [6.07, 6.45) is 0. The maximum absolute atomic E-state index is 12.3. The molecule has 0 saturated carbocycles. The minimum absolute atomic E-state index is 0.00156. The Morgan fingerprint density at radius 2 is 1.78 bits per heavy atom. The van der Waals surface area contributed by atoms with Crippen molar-refractivity contribution in [3.8, 4) is 0 Å². The number of imidazole rings is 1. The first-order chi connectivity index (χ1) is 13.1. The van der Waals surface area contributed by atoms with Crippen LogP contribution in [0.5, 0.6) is 0 Å². The van der Waals surface area contributed by atoms with Gasteiger partial charge >= 0.3 is 0 Å². The maximum Gasteiger partial charge on any atom is 0.253 e. The predicted octanol–water partition coefficient (Wildman–Crippen LogP) is 3.78. The molecule has 7 heteroatoms. The van der Waals surface area contributed by atoms with Crippen LogP contribution in [0.1, 0.15) is 24.2 Å². The van der Waals surface area contributed by atoms with Crippen LogP contribution < -0.4 is 5.32 Å². The number of H-pyrrole nitrogens is 1. The van der Waals surface area contributed by atoms with Crippen molar-refractivity contribution in [2.45, 2.75) is 19.0 Å². The van der Waals surface area contributed by atoms with Gasteiger partial charge in [-0.2, -0.15) is 0 Å². The fraction of sp³-hybridized carbons (Fsp3) is 0.250. The van der Waals surface area contributed by atoms with Crippen LogP contribution in [0, 0.1) is 0 Å². The highest BCUT2D eigenvalue weighted by molar-refractivity contribution is 7.99. The minimum atomic E-state index is -0.122. The predicted molar refractivity (Wildman–Crippen MR) is 109 cm³/mol. The number of thioether (sulfide) groups is 1. The average molecular weight is 382 g/mol. The summed E-state index contributed by atoms with van der Waals surface area (Å²) in [5.41, 5.74) is 3.12. The Hall–Kier alpha value is -2.80. The number of fused-ring (bicyclic) bond motifs is 1. The highest BCUT2D eigenvalue weighted by Crippen LogP contribution is 2.19. The molecule has 0 spiro atoms. The largest absolute Gasteiger partial charge is 0.339 e. The SMILES string of the molecule is CCN(CC)C(=O)c1ccc(NC(=O)CSc2nc3ccccc3[nH]2)cc1. The molecule has 0 radical (unpaired) electrons. The quantitative estimate of drug-likeness (QED) is 0.610. The zero-order chi connectivity index (χ0) is 19.2. The lowest BCUT2D eigenvalue weighted by Crippen LogP contribution is -2.30. The summed E-state index contributed by atoms with van der Waals surface area (Å²) >= 11 is 1.35. The third kappa shape index (κ3) is 4.68. The summed E-state index contributed by atoms with van der Waals surface area (Å²) in [5.74, 6) is 0.126. The number of aromatic nitrogens is 2. The van der Waals surface area contributed by atoms with Crippen LogP contribution in [0.25, 0.3) is 11.0 Å². The van der Waals surface area contributed by atoms with E-state index >= 15 is 0 Å². The number of rotatable bonds is 7. The maximum atomic E-state index is 12.3. The third-order valence-electron chi connectivity index (χ3n) is 4.17. The molecule has 140 valence electrons. The lowest BCUT2D eigenvalue weighted by molar-refractivity contribution is -0.113. The van der Waals surface area contributed by atoms with E-state index in [1.54, 1.807) is 29.2 Å². The summed E-state index contributed by atoms with van der Waals surface area (Å²) in [4.78, 5) is 33.9. The number of hydrogen-bond donors (Lipinski definition) is 2. The molecule has 2 N–H and O–H groups in total. The van der Waals surface area contributed by atoms with E-state index in [0.29, 0.717) is 29.5 Å². The van der Waals surface area contributed by atoms with Crippen LogP contribution in [0.2, 0.25) is 0 Å². The molecule has 0 atom stereocenters. The van der Waals surface area contributed by atoms with E-state index in [1.807, 2.05) is 38.1 Å². The van der Waals surface area contributed by atoms with Crippen molar-refractivity contribution in [1.29, 1.82) is 0 Å². The van der Waals surface area contributed by atoms with Crippen LogP contribution in [-0.2, 0) is 4.79 Å². The number of benzene rings is 2. The summed E-state index contributed by atoms with van der Waals surface area (Å²) in [6.45, 7) is 5.25. The molecule has 2 amide bonds. The van der Waals surface area contributed by atoms with Gasteiger partial charge in [0.05, 0.1) is 16.8 Å². The monoisotopic (exact) mass is 382 g/mol. The normalized spacial score (nSPS) is 10.7. The van der Waals surface area contributed by atoms with Gasteiger partial charge in [-0.15, -0.1) is 0 Å². The Balaban J connectivity index is 1.55. The molecular formula is C20H22N4O2S. The number of carbonyl (C=O) groups excluding carboxylic acids is 2. The first kappa shape index (κ1) is 19.0. The van der Waals surface area contributed by atoms with Crippen molar-refractivity contribution in [3.05, 3.63) is 54.1 Å². The number of carbonyl (C=O) groups is 2. The highest BCUT2D eigenvalue weighted by atomic mass is 32.2. The van der Waals surface area contributed by atoms with E-state index in [-0.39, 0.29) is 17.6 Å². The lowest BCUT2D eigenvalue weighted by atomic mass is 10.2. The van der Waals surface area contributed by atoms with Crippen molar-refractivity contribution in [2.75, 3.05) is 24.2 Å². The zero-order valence-electron chi connectivity index (χ0n) is 15.4. The number of hydrogen-bond acceptors (Lipinski definition) is 4. The van der Waals surface area contributed by atoms with Gasteiger partial charge in [0.15, 0.2) is 5.16 Å². The number of anilines is 1. The molecule has 3 rings (SSSR count). The van der Waals surface area contributed by atoms with Gasteiger partial charge in [0, 0.05) is 24.3 Å². The number of nitrogens with zero attached hydrogens (tertiary/aromatic N) is 2. The van der Waals surface area contributed by atoms with E-state index in [0.717, 1.165) is 11.0 Å². The fourth-order valence-corrected chi connectivity index (χ4v) is 3.40. The van der Waals surface area contributed by atoms with Crippen LogP contribution in [0.4, 0.5) is 5.69 Å². The molecule has 6 nitrogen and oxygen atoms in total. The van der Waals surface area contributed by atoms with Crippen molar-refractivity contribution < 1.29 is 9.59 Å². The van der Waals surface area contributed by atoms with Gasteiger partial charge in [-0.25, -0.2) is 4.98 Å². The minimum Gasteiger partial charge on any atom is -0.339 e. The smallest absolute Gasteiger partial charge is 0.253 e. The number of aromatic amines is 1. The van der Waals surface area contributed by atoms with Gasteiger partial charge in [0.25, 0.3) is 5.91 Å². The Morgan fingerprint density at radius 1 is 1.07 bits per heavy atom. The van der Waals surface area contributed by atoms with Crippen LogP contribution in [0.3, 0.4) is 0 Å². The third-order valence-corrected chi connectivity index (χ3v) is 5.05. The van der Waals surface area contributed by atoms with Crippen LogP contribution in [0.15, 0.2) is 53.7 Å². The molecule has 0 aliphatic rings. The van der Waals surface area contributed by atoms with E-state index in [2.05, 4.69) is 15.3 Å². The van der Waals surface area contributed by atoms with E-state index in [1.165, 1.54) is 11.8 Å². The van der Waals surface area contributed by atoms with Crippen molar-refractivity contribution >= 4 is 40.3 Å². The molecule has 0 aliphatic carbocycles. The Labute approximate surface area is 162 Å². The molecule has 0 fully saturated rings.